The van der Waals surface area contributed by atoms with E-state index in [1.54, 1.807) is 0 Å². The Morgan fingerprint density at radius 1 is 1.24 bits per heavy atom. The Kier molecular flexibility index (Phi) is 4.09. The van der Waals surface area contributed by atoms with Gasteiger partial charge < -0.3 is 4.74 Å². The molecule has 1 fully saturated rings. The molecule has 1 aliphatic carbocycles. The molecule has 0 spiro atoms. The van der Waals surface area contributed by atoms with E-state index in [1.165, 1.54) is 0 Å². The van der Waals surface area contributed by atoms with Gasteiger partial charge in [0.15, 0.2) is 0 Å². The Morgan fingerprint density at radius 2 is 1.94 bits per heavy atom. The van der Waals surface area contributed by atoms with E-state index in [9.17, 15) is 10.1 Å². The zero-order valence-corrected chi connectivity index (χ0v) is 9.75. The highest BCUT2D eigenvalue weighted by atomic mass is 16.6. The summed E-state index contributed by atoms with van der Waals surface area (Å²) in [5.41, 5.74) is 1.07. The molecule has 0 amide bonds. The molecular formula is C13H17NO3. The smallest absolute Gasteiger partial charge is 0.238 e. The zero-order chi connectivity index (χ0) is 12.1. The Bertz CT molecular complexity index is 366. The van der Waals surface area contributed by atoms with Gasteiger partial charge in [0.1, 0.15) is 6.10 Å². The Balaban J connectivity index is 1.90. The molecule has 0 saturated heterocycles. The lowest BCUT2D eigenvalue weighted by Crippen LogP contribution is -2.38. The first-order chi connectivity index (χ1) is 8.27. The molecule has 0 aromatic heterocycles. The third-order valence-electron chi connectivity index (χ3n) is 3.25. The van der Waals surface area contributed by atoms with Crippen molar-refractivity contribution in [1.82, 2.24) is 0 Å². The SMILES string of the molecule is O=[N+]([O-])[C@@H]1CCCC[C@H]1OCc1ccccc1. The molecule has 0 bridgehead atoms. The first-order valence-electron chi connectivity index (χ1n) is 6.06. The van der Waals surface area contributed by atoms with E-state index < -0.39 is 6.04 Å². The third-order valence-corrected chi connectivity index (χ3v) is 3.25. The van der Waals surface area contributed by atoms with Gasteiger partial charge in [-0.15, -0.1) is 0 Å². The van der Waals surface area contributed by atoms with Gasteiger partial charge in [0.25, 0.3) is 0 Å². The summed E-state index contributed by atoms with van der Waals surface area (Å²) in [6.45, 7) is 0.468. The van der Waals surface area contributed by atoms with Crippen LogP contribution < -0.4 is 0 Å². The minimum Gasteiger partial charge on any atom is -0.366 e. The number of ether oxygens (including phenoxy) is 1. The van der Waals surface area contributed by atoms with Crippen molar-refractivity contribution in [3.63, 3.8) is 0 Å². The highest BCUT2D eigenvalue weighted by Gasteiger charge is 2.34. The van der Waals surface area contributed by atoms with E-state index in [0.717, 1.165) is 24.8 Å². The lowest BCUT2D eigenvalue weighted by Gasteiger charge is -2.25. The lowest BCUT2D eigenvalue weighted by molar-refractivity contribution is -0.539. The number of nitrogens with zero attached hydrogens (tertiary/aromatic N) is 1. The van der Waals surface area contributed by atoms with E-state index >= 15 is 0 Å². The summed E-state index contributed by atoms with van der Waals surface area (Å²) in [6.07, 6.45) is 3.20. The molecule has 0 aliphatic heterocycles. The quantitative estimate of drug-likeness (QED) is 0.595. The maximum Gasteiger partial charge on any atom is 0.238 e. The molecule has 4 heteroatoms. The van der Waals surface area contributed by atoms with Crippen molar-refractivity contribution in [3.05, 3.63) is 46.0 Å². The highest BCUT2D eigenvalue weighted by molar-refractivity contribution is 5.13. The van der Waals surface area contributed by atoms with Gasteiger partial charge in [0.2, 0.25) is 6.04 Å². The van der Waals surface area contributed by atoms with Gasteiger partial charge in [-0.2, -0.15) is 0 Å². The summed E-state index contributed by atoms with van der Waals surface area (Å²) < 4.78 is 5.70. The van der Waals surface area contributed by atoms with Crippen LogP contribution in [-0.2, 0) is 11.3 Å². The molecule has 0 unspecified atom stereocenters. The topological polar surface area (TPSA) is 52.4 Å². The summed E-state index contributed by atoms with van der Waals surface area (Å²) in [4.78, 5) is 10.7. The monoisotopic (exact) mass is 235 g/mol. The summed E-state index contributed by atoms with van der Waals surface area (Å²) in [5, 5.41) is 10.9. The average molecular weight is 235 g/mol. The Morgan fingerprint density at radius 3 is 2.65 bits per heavy atom. The fourth-order valence-electron chi connectivity index (χ4n) is 2.29. The molecule has 1 aliphatic rings. The minimum absolute atomic E-state index is 0.186. The van der Waals surface area contributed by atoms with Crippen LogP contribution in [0.1, 0.15) is 31.2 Å². The lowest BCUT2D eigenvalue weighted by atomic mass is 9.93. The summed E-state index contributed by atoms with van der Waals surface area (Å²) >= 11 is 0. The molecule has 1 aromatic carbocycles. The second-order valence-electron chi connectivity index (χ2n) is 4.47. The van der Waals surface area contributed by atoms with Crippen LogP contribution in [0.5, 0.6) is 0 Å². The van der Waals surface area contributed by atoms with Crippen molar-refractivity contribution in [2.45, 2.75) is 44.4 Å². The maximum absolute atomic E-state index is 10.9. The van der Waals surface area contributed by atoms with Gasteiger partial charge in [-0.3, -0.25) is 10.1 Å². The van der Waals surface area contributed by atoms with E-state index in [4.69, 9.17) is 4.74 Å². The van der Waals surface area contributed by atoms with Crippen LogP contribution in [0.25, 0.3) is 0 Å². The molecular weight excluding hydrogens is 218 g/mol. The molecule has 2 atom stereocenters. The Hall–Kier alpha value is -1.42. The number of rotatable bonds is 4. The molecule has 0 heterocycles. The molecule has 0 radical (unpaired) electrons. The van der Waals surface area contributed by atoms with E-state index in [-0.39, 0.29) is 11.0 Å². The van der Waals surface area contributed by atoms with Crippen molar-refractivity contribution < 1.29 is 9.66 Å². The molecule has 17 heavy (non-hydrogen) atoms. The van der Waals surface area contributed by atoms with Crippen LogP contribution in [0.3, 0.4) is 0 Å². The van der Waals surface area contributed by atoms with Crippen molar-refractivity contribution >= 4 is 0 Å². The standard InChI is InChI=1S/C13H17NO3/c15-14(16)12-8-4-5-9-13(12)17-10-11-6-2-1-3-7-11/h1-3,6-7,12-13H,4-5,8-10H2/t12-,13-/m1/s1. The van der Waals surface area contributed by atoms with Crippen molar-refractivity contribution in [2.24, 2.45) is 0 Å². The molecule has 0 N–H and O–H groups in total. The van der Waals surface area contributed by atoms with Gasteiger partial charge in [0.05, 0.1) is 6.61 Å². The predicted molar refractivity (Wildman–Crippen MR) is 64.3 cm³/mol. The molecule has 1 saturated carbocycles. The van der Waals surface area contributed by atoms with Gasteiger partial charge in [0, 0.05) is 11.3 Å². The molecule has 2 rings (SSSR count). The average Bonchev–Trinajstić information content (AvgIpc) is 2.38. The van der Waals surface area contributed by atoms with Crippen molar-refractivity contribution in [1.29, 1.82) is 0 Å². The highest BCUT2D eigenvalue weighted by Crippen LogP contribution is 2.24. The third kappa shape index (κ3) is 3.27. The second kappa shape index (κ2) is 5.77. The van der Waals surface area contributed by atoms with Crippen molar-refractivity contribution in [2.75, 3.05) is 0 Å². The van der Waals surface area contributed by atoms with Crippen LogP contribution in [0, 0.1) is 10.1 Å². The maximum atomic E-state index is 10.9. The molecule has 92 valence electrons. The van der Waals surface area contributed by atoms with E-state index in [1.807, 2.05) is 30.3 Å². The zero-order valence-electron chi connectivity index (χ0n) is 9.75. The van der Waals surface area contributed by atoms with E-state index in [2.05, 4.69) is 0 Å². The van der Waals surface area contributed by atoms with Gasteiger partial charge in [-0.05, 0) is 18.4 Å². The normalized spacial score (nSPS) is 24.5. The van der Waals surface area contributed by atoms with Crippen LogP contribution in [-0.4, -0.2) is 17.1 Å². The van der Waals surface area contributed by atoms with Crippen LogP contribution in [0.2, 0.25) is 0 Å². The number of benzene rings is 1. The van der Waals surface area contributed by atoms with Crippen LogP contribution >= 0.6 is 0 Å². The van der Waals surface area contributed by atoms with Crippen molar-refractivity contribution in [3.8, 4) is 0 Å². The number of hydrogen-bond acceptors (Lipinski definition) is 3. The van der Waals surface area contributed by atoms with Gasteiger partial charge >= 0.3 is 0 Å². The summed E-state index contributed by atoms with van der Waals surface area (Å²) in [5.74, 6) is 0. The van der Waals surface area contributed by atoms with Gasteiger partial charge in [-0.25, -0.2) is 0 Å². The fourth-order valence-corrected chi connectivity index (χ4v) is 2.29. The first kappa shape index (κ1) is 12.0. The largest absolute Gasteiger partial charge is 0.366 e. The van der Waals surface area contributed by atoms with Crippen LogP contribution in [0.4, 0.5) is 0 Å². The molecule has 1 aromatic rings. The first-order valence-corrected chi connectivity index (χ1v) is 6.06. The van der Waals surface area contributed by atoms with Gasteiger partial charge in [-0.1, -0.05) is 36.8 Å². The second-order valence-corrected chi connectivity index (χ2v) is 4.47. The predicted octanol–water partition coefficient (Wildman–Crippen LogP) is 2.79. The number of nitro groups is 1. The van der Waals surface area contributed by atoms with E-state index in [0.29, 0.717) is 13.0 Å². The molecule has 4 nitrogen and oxygen atoms in total. The number of hydrogen-bond donors (Lipinski definition) is 0. The summed E-state index contributed by atoms with van der Waals surface area (Å²) in [7, 11) is 0. The Labute approximate surface area is 101 Å². The fraction of sp³-hybridized carbons (Fsp3) is 0.538. The van der Waals surface area contributed by atoms with Crippen LogP contribution in [0.15, 0.2) is 30.3 Å². The minimum atomic E-state index is -0.521. The summed E-state index contributed by atoms with van der Waals surface area (Å²) in [6, 6.07) is 9.28.